The summed E-state index contributed by atoms with van der Waals surface area (Å²) in [5.74, 6) is 0.350. The standard InChI is InChI=1S/C27H28N2O2/c30-25-13-11-21(12-14-25)22-15-18-29(19-16-22)20-17-26(31)28-27(23-7-3-1-4-8-23)24-9-5-2-6-10-24/h1-15,27,30H,16-20H2,(H,28,31). The third-order valence-corrected chi connectivity index (χ3v) is 5.76. The Morgan fingerprint density at radius 1 is 0.903 bits per heavy atom. The van der Waals surface area contributed by atoms with Gasteiger partial charge in [-0.15, -0.1) is 0 Å². The summed E-state index contributed by atoms with van der Waals surface area (Å²) in [5, 5.41) is 12.7. The van der Waals surface area contributed by atoms with Crippen molar-refractivity contribution >= 4 is 11.5 Å². The fourth-order valence-corrected chi connectivity index (χ4v) is 3.99. The molecular weight excluding hydrogens is 384 g/mol. The van der Waals surface area contributed by atoms with Crippen molar-refractivity contribution in [2.24, 2.45) is 0 Å². The third kappa shape index (κ3) is 5.62. The lowest BCUT2D eigenvalue weighted by Crippen LogP contribution is -2.35. The fraction of sp³-hybridized carbons (Fsp3) is 0.222. The van der Waals surface area contributed by atoms with E-state index in [1.807, 2.05) is 48.5 Å². The summed E-state index contributed by atoms with van der Waals surface area (Å²) in [6.45, 7) is 2.51. The van der Waals surface area contributed by atoms with Crippen LogP contribution in [0.15, 0.2) is 91.0 Å². The molecular formula is C27H28N2O2. The van der Waals surface area contributed by atoms with E-state index in [4.69, 9.17) is 0 Å². The van der Waals surface area contributed by atoms with Gasteiger partial charge in [0.15, 0.2) is 0 Å². The average molecular weight is 413 g/mol. The molecule has 158 valence electrons. The van der Waals surface area contributed by atoms with Gasteiger partial charge in [0.2, 0.25) is 5.91 Å². The minimum Gasteiger partial charge on any atom is -0.508 e. The zero-order valence-corrected chi connectivity index (χ0v) is 17.6. The minimum atomic E-state index is -0.141. The molecule has 4 rings (SSSR count). The Balaban J connectivity index is 1.33. The van der Waals surface area contributed by atoms with Crippen molar-refractivity contribution in [2.45, 2.75) is 18.9 Å². The highest BCUT2D eigenvalue weighted by Crippen LogP contribution is 2.24. The van der Waals surface area contributed by atoms with E-state index in [1.165, 1.54) is 5.57 Å². The molecule has 1 aliphatic rings. The Labute approximate surface area is 183 Å². The summed E-state index contributed by atoms with van der Waals surface area (Å²) in [4.78, 5) is 15.1. The first-order chi connectivity index (χ1) is 15.2. The van der Waals surface area contributed by atoms with Crippen LogP contribution >= 0.6 is 0 Å². The molecule has 4 nitrogen and oxygen atoms in total. The molecule has 0 bridgehead atoms. The van der Waals surface area contributed by atoms with E-state index in [0.29, 0.717) is 6.42 Å². The quantitative estimate of drug-likeness (QED) is 0.587. The highest BCUT2D eigenvalue weighted by molar-refractivity contribution is 5.77. The minimum absolute atomic E-state index is 0.0611. The van der Waals surface area contributed by atoms with Crippen LogP contribution in [0.25, 0.3) is 5.57 Å². The van der Waals surface area contributed by atoms with E-state index in [1.54, 1.807) is 12.1 Å². The zero-order valence-electron chi connectivity index (χ0n) is 17.6. The van der Waals surface area contributed by atoms with Crippen LogP contribution in [0.2, 0.25) is 0 Å². The highest BCUT2D eigenvalue weighted by atomic mass is 16.3. The van der Waals surface area contributed by atoms with Crippen molar-refractivity contribution in [3.63, 3.8) is 0 Å². The van der Waals surface area contributed by atoms with Gasteiger partial charge in [0.1, 0.15) is 5.75 Å². The molecule has 31 heavy (non-hydrogen) atoms. The number of nitrogens with one attached hydrogen (secondary N) is 1. The lowest BCUT2D eigenvalue weighted by molar-refractivity contribution is -0.121. The number of hydrogen-bond donors (Lipinski definition) is 2. The van der Waals surface area contributed by atoms with E-state index in [9.17, 15) is 9.90 Å². The van der Waals surface area contributed by atoms with Gasteiger partial charge in [-0.05, 0) is 40.8 Å². The van der Waals surface area contributed by atoms with Crippen molar-refractivity contribution in [3.05, 3.63) is 108 Å². The predicted molar refractivity (Wildman–Crippen MR) is 125 cm³/mol. The number of nitrogens with zero attached hydrogens (tertiary/aromatic N) is 1. The number of phenolic OH excluding ortho intramolecular Hbond substituents is 1. The molecule has 1 heterocycles. The van der Waals surface area contributed by atoms with E-state index in [-0.39, 0.29) is 17.7 Å². The lowest BCUT2D eigenvalue weighted by Gasteiger charge is -2.27. The summed E-state index contributed by atoms with van der Waals surface area (Å²) < 4.78 is 0. The fourth-order valence-electron chi connectivity index (χ4n) is 3.99. The maximum absolute atomic E-state index is 12.8. The van der Waals surface area contributed by atoms with Crippen molar-refractivity contribution < 1.29 is 9.90 Å². The highest BCUT2D eigenvalue weighted by Gasteiger charge is 2.18. The molecule has 0 aliphatic carbocycles. The monoisotopic (exact) mass is 412 g/mol. The molecule has 2 N–H and O–H groups in total. The number of hydrogen-bond acceptors (Lipinski definition) is 3. The molecule has 0 saturated heterocycles. The molecule has 0 saturated carbocycles. The third-order valence-electron chi connectivity index (χ3n) is 5.76. The normalized spacial score (nSPS) is 14.3. The predicted octanol–water partition coefficient (Wildman–Crippen LogP) is 4.78. The molecule has 0 unspecified atom stereocenters. The van der Waals surface area contributed by atoms with Crippen molar-refractivity contribution in [3.8, 4) is 5.75 Å². The first kappa shape index (κ1) is 20.9. The number of amides is 1. The molecule has 3 aromatic carbocycles. The average Bonchev–Trinajstić information content (AvgIpc) is 2.83. The Bertz CT molecular complexity index is 975. The number of carbonyl (C=O) groups excluding carboxylic acids is 1. The van der Waals surface area contributed by atoms with Crippen LogP contribution in [0.4, 0.5) is 0 Å². The molecule has 4 heteroatoms. The van der Waals surface area contributed by atoms with Gasteiger partial charge in [0, 0.05) is 26.1 Å². The van der Waals surface area contributed by atoms with Crippen LogP contribution in [0.3, 0.4) is 0 Å². The van der Waals surface area contributed by atoms with Crippen molar-refractivity contribution in [2.75, 3.05) is 19.6 Å². The second-order valence-corrected chi connectivity index (χ2v) is 7.90. The number of aromatic hydroxyl groups is 1. The van der Waals surface area contributed by atoms with E-state index >= 15 is 0 Å². The van der Waals surface area contributed by atoms with Crippen molar-refractivity contribution in [1.29, 1.82) is 0 Å². The van der Waals surface area contributed by atoms with Gasteiger partial charge < -0.3 is 10.4 Å². The lowest BCUT2D eigenvalue weighted by atomic mass is 9.98. The summed E-state index contributed by atoms with van der Waals surface area (Å²) in [6, 6.07) is 27.4. The Morgan fingerprint density at radius 2 is 1.52 bits per heavy atom. The van der Waals surface area contributed by atoms with Gasteiger partial charge in [-0.2, -0.15) is 0 Å². The van der Waals surface area contributed by atoms with E-state index in [0.717, 1.165) is 42.7 Å². The summed E-state index contributed by atoms with van der Waals surface area (Å²) in [6.07, 6.45) is 3.64. The topological polar surface area (TPSA) is 52.6 Å². The van der Waals surface area contributed by atoms with Crippen LogP contribution < -0.4 is 5.32 Å². The smallest absolute Gasteiger partial charge is 0.222 e. The van der Waals surface area contributed by atoms with Gasteiger partial charge in [0.25, 0.3) is 0 Å². The van der Waals surface area contributed by atoms with Crippen LogP contribution in [0, 0.1) is 0 Å². The number of rotatable bonds is 7. The van der Waals surface area contributed by atoms with Crippen LogP contribution in [-0.2, 0) is 4.79 Å². The SMILES string of the molecule is O=C(CCN1CC=C(c2ccc(O)cc2)CC1)NC(c1ccccc1)c1ccccc1. The summed E-state index contributed by atoms with van der Waals surface area (Å²) in [7, 11) is 0. The van der Waals surface area contributed by atoms with Crippen molar-refractivity contribution in [1.82, 2.24) is 10.2 Å². The van der Waals surface area contributed by atoms with Crippen LogP contribution in [-0.4, -0.2) is 35.5 Å². The molecule has 1 aliphatic heterocycles. The Kier molecular flexibility index (Phi) is 6.80. The Hall–Kier alpha value is -3.37. The van der Waals surface area contributed by atoms with Crippen LogP contribution in [0.5, 0.6) is 5.75 Å². The molecule has 0 aromatic heterocycles. The number of phenols is 1. The van der Waals surface area contributed by atoms with Gasteiger partial charge >= 0.3 is 0 Å². The Morgan fingerprint density at radius 3 is 2.06 bits per heavy atom. The maximum Gasteiger partial charge on any atom is 0.222 e. The largest absolute Gasteiger partial charge is 0.508 e. The first-order valence-electron chi connectivity index (χ1n) is 10.8. The van der Waals surface area contributed by atoms with Gasteiger partial charge in [-0.25, -0.2) is 0 Å². The van der Waals surface area contributed by atoms with Crippen LogP contribution in [0.1, 0.15) is 35.6 Å². The molecule has 3 aromatic rings. The van der Waals surface area contributed by atoms with Gasteiger partial charge in [0.05, 0.1) is 6.04 Å². The number of carbonyl (C=O) groups is 1. The molecule has 1 amide bonds. The maximum atomic E-state index is 12.8. The van der Waals surface area contributed by atoms with Gasteiger partial charge in [-0.3, -0.25) is 9.69 Å². The molecule has 0 atom stereocenters. The summed E-state index contributed by atoms with van der Waals surface area (Å²) in [5.41, 5.74) is 4.63. The molecule has 0 fully saturated rings. The second kappa shape index (κ2) is 10.1. The number of benzene rings is 3. The molecule has 0 radical (unpaired) electrons. The zero-order chi connectivity index (χ0) is 21.5. The first-order valence-corrected chi connectivity index (χ1v) is 10.8. The second-order valence-electron chi connectivity index (χ2n) is 7.90. The van der Waals surface area contributed by atoms with E-state index in [2.05, 4.69) is 40.6 Å². The van der Waals surface area contributed by atoms with Gasteiger partial charge in [-0.1, -0.05) is 78.9 Å². The van der Waals surface area contributed by atoms with E-state index < -0.39 is 0 Å². The molecule has 0 spiro atoms. The summed E-state index contributed by atoms with van der Waals surface area (Å²) >= 11 is 0.